The number of pyridine rings is 1. The number of hydrogen-bond donors (Lipinski definition) is 1. The molecule has 1 aliphatic carbocycles. The smallest absolute Gasteiger partial charge is 0.252 e. The van der Waals surface area contributed by atoms with E-state index in [0.29, 0.717) is 12.6 Å². The molecular weight excluding hydrogens is 424 g/mol. The number of nitrogens with one attached hydrogen (secondary N) is 1. The van der Waals surface area contributed by atoms with Crippen molar-refractivity contribution >= 4 is 10.9 Å². The van der Waals surface area contributed by atoms with Crippen LogP contribution in [0.2, 0.25) is 0 Å². The molecule has 0 spiro atoms. The molecule has 0 amide bonds. The van der Waals surface area contributed by atoms with Crippen LogP contribution in [-0.4, -0.2) is 36.1 Å². The minimum Gasteiger partial charge on any atom is -0.322 e. The van der Waals surface area contributed by atoms with Gasteiger partial charge in [0.05, 0.1) is 11.6 Å². The van der Waals surface area contributed by atoms with Crippen molar-refractivity contribution < 1.29 is 0 Å². The maximum atomic E-state index is 13.2. The fourth-order valence-electron chi connectivity index (χ4n) is 5.46. The average molecular weight is 465 g/mol. The number of benzene rings is 1. The van der Waals surface area contributed by atoms with Crippen LogP contribution in [0.15, 0.2) is 23.0 Å². The predicted octanol–water partition coefficient (Wildman–Crippen LogP) is 5.56. The molecule has 1 saturated carbocycles. The number of H-pyrrole nitrogens is 1. The van der Waals surface area contributed by atoms with Crippen LogP contribution < -0.4 is 5.56 Å². The summed E-state index contributed by atoms with van der Waals surface area (Å²) in [6.45, 7) is 13.6. The SMILES string of the molecule is CCC[C@@H](c1nnnn1C(C)(C)CC)N(Cc1cc2c(C)cc(C)cc2[nH]c1=O)C1CCCC1. The summed E-state index contributed by atoms with van der Waals surface area (Å²) in [4.78, 5) is 18.9. The number of nitrogens with zero attached hydrogens (tertiary/aromatic N) is 5. The van der Waals surface area contributed by atoms with Crippen LogP contribution in [0.4, 0.5) is 0 Å². The number of aromatic nitrogens is 5. The molecule has 7 nitrogen and oxygen atoms in total. The molecule has 1 aliphatic rings. The van der Waals surface area contributed by atoms with E-state index in [1.807, 2.05) is 4.68 Å². The second-order valence-electron chi connectivity index (χ2n) is 10.7. The van der Waals surface area contributed by atoms with Gasteiger partial charge in [0, 0.05) is 29.1 Å². The normalized spacial score (nSPS) is 16.1. The van der Waals surface area contributed by atoms with Crippen LogP contribution in [-0.2, 0) is 12.1 Å². The third-order valence-electron chi connectivity index (χ3n) is 7.73. The van der Waals surface area contributed by atoms with E-state index in [4.69, 9.17) is 0 Å². The molecule has 0 radical (unpaired) electrons. The zero-order valence-electron chi connectivity index (χ0n) is 21.7. The molecule has 3 aromatic rings. The van der Waals surface area contributed by atoms with Gasteiger partial charge in [-0.25, -0.2) is 4.68 Å². The molecule has 0 unspecified atom stereocenters. The fourth-order valence-corrected chi connectivity index (χ4v) is 5.46. The van der Waals surface area contributed by atoms with Gasteiger partial charge in [-0.05, 0) is 87.1 Å². The first kappa shape index (κ1) is 24.6. The summed E-state index contributed by atoms with van der Waals surface area (Å²) in [5.74, 6) is 0.921. The van der Waals surface area contributed by atoms with Crippen molar-refractivity contribution in [3.63, 3.8) is 0 Å². The van der Waals surface area contributed by atoms with E-state index >= 15 is 0 Å². The van der Waals surface area contributed by atoms with Crippen LogP contribution in [0.3, 0.4) is 0 Å². The van der Waals surface area contributed by atoms with Crippen molar-refractivity contribution in [1.82, 2.24) is 30.1 Å². The first-order chi connectivity index (χ1) is 16.2. The number of aryl methyl sites for hydroxylation is 2. The monoisotopic (exact) mass is 464 g/mol. The van der Waals surface area contributed by atoms with Gasteiger partial charge >= 0.3 is 0 Å². The zero-order chi connectivity index (χ0) is 24.5. The molecule has 0 bridgehead atoms. The van der Waals surface area contributed by atoms with Crippen LogP contribution in [0.1, 0.15) is 101 Å². The van der Waals surface area contributed by atoms with E-state index in [1.165, 1.54) is 18.4 Å². The first-order valence-electron chi connectivity index (χ1n) is 12.9. The summed E-state index contributed by atoms with van der Waals surface area (Å²) in [7, 11) is 0. The molecule has 34 heavy (non-hydrogen) atoms. The summed E-state index contributed by atoms with van der Waals surface area (Å²) < 4.78 is 2.02. The Balaban J connectivity index is 1.79. The molecule has 4 rings (SSSR count). The van der Waals surface area contributed by atoms with Gasteiger partial charge in [0.25, 0.3) is 5.56 Å². The molecule has 0 saturated heterocycles. The molecule has 1 fully saturated rings. The Bertz CT molecular complexity index is 1190. The summed E-state index contributed by atoms with van der Waals surface area (Å²) in [5, 5.41) is 14.2. The second kappa shape index (κ2) is 9.98. The Morgan fingerprint density at radius 2 is 1.91 bits per heavy atom. The molecule has 0 aliphatic heterocycles. The fraction of sp³-hybridized carbons (Fsp3) is 0.630. The Labute approximate surface area is 202 Å². The maximum Gasteiger partial charge on any atom is 0.252 e. The maximum absolute atomic E-state index is 13.2. The standard InChI is InChI=1S/C27H40N6O/c1-7-11-24(25-29-30-31-33(25)27(5,6)8-2)32(21-12-9-10-13-21)17-20-16-22-19(4)14-18(3)15-23(22)28-26(20)34/h14-16,21,24H,7-13,17H2,1-6H3,(H,28,34)/t24-/m0/s1. The molecule has 1 aromatic carbocycles. The minimum atomic E-state index is -0.165. The topological polar surface area (TPSA) is 79.7 Å². The molecular formula is C27H40N6O. The van der Waals surface area contributed by atoms with E-state index < -0.39 is 0 Å². The first-order valence-corrected chi connectivity index (χ1v) is 12.9. The lowest BCUT2D eigenvalue weighted by Crippen LogP contribution is -2.41. The zero-order valence-corrected chi connectivity index (χ0v) is 21.7. The highest BCUT2D eigenvalue weighted by molar-refractivity contribution is 5.83. The highest BCUT2D eigenvalue weighted by atomic mass is 16.1. The van der Waals surface area contributed by atoms with Crippen LogP contribution in [0.25, 0.3) is 10.9 Å². The van der Waals surface area contributed by atoms with Gasteiger partial charge in [-0.3, -0.25) is 9.69 Å². The Morgan fingerprint density at radius 3 is 2.59 bits per heavy atom. The lowest BCUT2D eigenvalue weighted by Gasteiger charge is -2.37. The van der Waals surface area contributed by atoms with Gasteiger partial charge < -0.3 is 4.98 Å². The predicted molar refractivity (Wildman–Crippen MR) is 137 cm³/mol. The summed E-state index contributed by atoms with van der Waals surface area (Å²) in [6.07, 6.45) is 7.71. The third kappa shape index (κ3) is 4.81. The Hall–Kier alpha value is -2.54. The van der Waals surface area contributed by atoms with Gasteiger partial charge in [-0.15, -0.1) is 5.10 Å². The van der Waals surface area contributed by atoms with Gasteiger partial charge in [0.15, 0.2) is 5.82 Å². The summed E-state index contributed by atoms with van der Waals surface area (Å²) in [5.41, 5.74) is 3.93. The highest BCUT2D eigenvalue weighted by Crippen LogP contribution is 2.36. The van der Waals surface area contributed by atoms with Crippen molar-refractivity contribution in [2.45, 2.75) is 111 Å². The van der Waals surface area contributed by atoms with Crippen molar-refractivity contribution in [2.24, 2.45) is 0 Å². The van der Waals surface area contributed by atoms with Crippen molar-refractivity contribution in [2.75, 3.05) is 0 Å². The minimum absolute atomic E-state index is 0.00391. The van der Waals surface area contributed by atoms with E-state index in [9.17, 15) is 4.79 Å². The number of tetrazole rings is 1. The van der Waals surface area contributed by atoms with E-state index in [-0.39, 0.29) is 17.1 Å². The largest absolute Gasteiger partial charge is 0.322 e. The average Bonchev–Trinajstić information content (AvgIpc) is 3.49. The van der Waals surface area contributed by atoms with Gasteiger partial charge in [-0.1, -0.05) is 39.2 Å². The number of aromatic amines is 1. The van der Waals surface area contributed by atoms with Crippen LogP contribution in [0, 0.1) is 13.8 Å². The molecule has 184 valence electrons. The molecule has 1 N–H and O–H groups in total. The molecule has 7 heteroatoms. The lowest BCUT2D eigenvalue weighted by molar-refractivity contribution is 0.102. The third-order valence-corrected chi connectivity index (χ3v) is 7.73. The van der Waals surface area contributed by atoms with E-state index in [0.717, 1.165) is 60.0 Å². The second-order valence-corrected chi connectivity index (χ2v) is 10.7. The molecule has 2 heterocycles. The number of hydrogen-bond acceptors (Lipinski definition) is 5. The molecule has 2 aromatic heterocycles. The molecule has 1 atom stereocenters. The number of fused-ring (bicyclic) bond motifs is 1. The summed E-state index contributed by atoms with van der Waals surface area (Å²) >= 11 is 0. The van der Waals surface area contributed by atoms with Crippen molar-refractivity contribution in [3.8, 4) is 0 Å². The summed E-state index contributed by atoms with van der Waals surface area (Å²) in [6, 6.07) is 6.85. The van der Waals surface area contributed by atoms with Gasteiger partial charge in [-0.2, -0.15) is 0 Å². The highest BCUT2D eigenvalue weighted by Gasteiger charge is 2.35. The van der Waals surface area contributed by atoms with E-state index in [2.05, 4.69) is 85.2 Å². The van der Waals surface area contributed by atoms with Crippen molar-refractivity contribution in [1.29, 1.82) is 0 Å². The van der Waals surface area contributed by atoms with Gasteiger partial charge in [0.2, 0.25) is 0 Å². The van der Waals surface area contributed by atoms with Gasteiger partial charge in [0.1, 0.15) is 0 Å². The Kier molecular flexibility index (Phi) is 7.22. The number of rotatable bonds is 9. The van der Waals surface area contributed by atoms with Crippen molar-refractivity contribution in [3.05, 3.63) is 51.1 Å². The Morgan fingerprint density at radius 1 is 1.18 bits per heavy atom. The van der Waals surface area contributed by atoms with Crippen LogP contribution in [0.5, 0.6) is 0 Å². The quantitative estimate of drug-likeness (QED) is 0.448. The van der Waals surface area contributed by atoms with E-state index in [1.54, 1.807) is 0 Å². The lowest BCUT2D eigenvalue weighted by atomic mass is 9.99. The van der Waals surface area contributed by atoms with Crippen LogP contribution >= 0.6 is 0 Å².